The molecule has 2 N–H and O–H groups in total. The van der Waals surface area contributed by atoms with Crippen LogP contribution in [0, 0.1) is 0 Å². The normalized spacial score (nSPS) is 16.2. The van der Waals surface area contributed by atoms with E-state index in [1.54, 1.807) is 19.3 Å². The van der Waals surface area contributed by atoms with E-state index in [-0.39, 0.29) is 6.17 Å². The van der Waals surface area contributed by atoms with Gasteiger partial charge in [0.2, 0.25) is 0 Å². The second-order valence-corrected chi connectivity index (χ2v) is 10.1. The molecule has 0 spiro atoms. The van der Waals surface area contributed by atoms with Crippen molar-refractivity contribution >= 4 is 45.9 Å². The number of aryl methyl sites for hydroxylation is 1. The van der Waals surface area contributed by atoms with Crippen molar-refractivity contribution in [3.05, 3.63) is 70.7 Å². The number of rotatable bonds is 8. The molecule has 1 fully saturated rings. The Bertz CT molecular complexity index is 1350. The van der Waals surface area contributed by atoms with Crippen molar-refractivity contribution in [3.63, 3.8) is 0 Å². The second kappa shape index (κ2) is 11.2. The second-order valence-electron chi connectivity index (χ2n) is 9.27. The van der Waals surface area contributed by atoms with Gasteiger partial charge in [0.15, 0.2) is 17.0 Å². The summed E-state index contributed by atoms with van der Waals surface area (Å²) >= 11 is 12.7. The minimum absolute atomic E-state index is 0.341. The summed E-state index contributed by atoms with van der Waals surface area (Å²) in [5.41, 5.74) is 3.39. The van der Waals surface area contributed by atoms with Crippen LogP contribution in [0.25, 0.3) is 16.9 Å². The molecule has 37 heavy (non-hydrogen) atoms. The van der Waals surface area contributed by atoms with Crippen molar-refractivity contribution < 1.29 is 5.11 Å². The number of imidazole rings is 1. The smallest absolute Gasteiger partial charge is 0.170 e. The molecule has 194 valence electrons. The zero-order chi connectivity index (χ0) is 25.9. The Balaban J connectivity index is 1.41. The highest BCUT2D eigenvalue weighted by Gasteiger charge is 2.29. The Morgan fingerprint density at radius 3 is 2.46 bits per heavy atom. The highest BCUT2D eigenvalue weighted by Crippen LogP contribution is 2.33. The van der Waals surface area contributed by atoms with Crippen LogP contribution in [-0.4, -0.2) is 68.0 Å². The molecule has 2 unspecified atom stereocenters. The van der Waals surface area contributed by atoms with Gasteiger partial charge in [-0.15, -0.1) is 0 Å². The van der Waals surface area contributed by atoms with Crippen LogP contribution in [0.5, 0.6) is 0 Å². The van der Waals surface area contributed by atoms with E-state index in [0.717, 1.165) is 61.9 Å². The molecule has 4 aromatic rings. The number of anilines is 2. The van der Waals surface area contributed by atoms with E-state index >= 15 is 0 Å². The molecule has 3 heterocycles. The van der Waals surface area contributed by atoms with Gasteiger partial charge < -0.3 is 15.3 Å². The SMILES string of the molecule is CCCc1nc2c(NC(C(C)O)N3CCN(c4cccc(Cl)c4Cl)CC3)ncnc2n1-c1ccccc1. The predicted octanol–water partition coefficient (Wildman–Crippen LogP) is 5.02. The number of aliphatic hydroxyl groups is 1. The molecule has 2 aromatic heterocycles. The first-order valence-electron chi connectivity index (χ1n) is 12.6. The first-order valence-corrected chi connectivity index (χ1v) is 13.4. The monoisotopic (exact) mass is 539 g/mol. The van der Waals surface area contributed by atoms with Gasteiger partial charge in [-0.05, 0) is 37.6 Å². The molecule has 8 nitrogen and oxygen atoms in total. The number of hydrogen-bond acceptors (Lipinski definition) is 7. The number of halogens is 2. The van der Waals surface area contributed by atoms with Crippen LogP contribution in [0.1, 0.15) is 26.1 Å². The number of nitrogens with one attached hydrogen (secondary N) is 1. The van der Waals surface area contributed by atoms with E-state index < -0.39 is 6.10 Å². The van der Waals surface area contributed by atoms with E-state index in [0.29, 0.717) is 21.4 Å². The first-order chi connectivity index (χ1) is 18.0. The molecule has 5 rings (SSSR count). The number of aromatic nitrogens is 4. The van der Waals surface area contributed by atoms with Crippen LogP contribution in [0.4, 0.5) is 11.5 Å². The molecular formula is C27H31Cl2N7O. The Morgan fingerprint density at radius 2 is 1.76 bits per heavy atom. The number of nitrogens with zero attached hydrogens (tertiary/aromatic N) is 6. The summed E-state index contributed by atoms with van der Waals surface area (Å²) in [7, 11) is 0. The van der Waals surface area contributed by atoms with E-state index in [9.17, 15) is 5.11 Å². The molecule has 1 aliphatic rings. The molecule has 0 aliphatic carbocycles. The summed E-state index contributed by atoms with van der Waals surface area (Å²) in [5.74, 6) is 1.55. The van der Waals surface area contributed by atoms with Crippen molar-refractivity contribution in [2.75, 3.05) is 36.4 Å². The molecule has 0 amide bonds. The minimum atomic E-state index is -0.641. The molecule has 1 aliphatic heterocycles. The van der Waals surface area contributed by atoms with Crippen LogP contribution in [0.2, 0.25) is 10.0 Å². The van der Waals surface area contributed by atoms with Gasteiger partial charge in [0.25, 0.3) is 0 Å². The Morgan fingerprint density at radius 1 is 1.00 bits per heavy atom. The summed E-state index contributed by atoms with van der Waals surface area (Å²) in [6.07, 6.45) is 2.35. The van der Waals surface area contributed by atoms with Gasteiger partial charge in [0, 0.05) is 38.3 Å². The van der Waals surface area contributed by atoms with Gasteiger partial charge in [-0.2, -0.15) is 0 Å². The van der Waals surface area contributed by atoms with Crippen LogP contribution < -0.4 is 10.2 Å². The molecule has 10 heteroatoms. The quantitative estimate of drug-likeness (QED) is 0.325. The molecule has 0 bridgehead atoms. The average Bonchev–Trinajstić information content (AvgIpc) is 3.28. The van der Waals surface area contributed by atoms with Crippen molar-refractivity contribution in [2.45, 2.75) is 39.0 Å². The van der Waals surface area contributed by atoms with Gasteiger partial charge in [0.1, 0.15) is 18.3 Å². The summed E-state index contributed by atoms with van der Waals surface area (Å²) in [6, 6.07) is 15.8. The zero-order valence-electron chi connectivity index (χ0n) is 21.0. The molecule has 0 radical (unpaired) electrons. The Labute approximate surface area is 226 Å². The van der Waals surface area contributed by atoms with Crippen molar-refractivity contribution in [1.82, 2.24) is 24.4 Å². The maximum Gasteiger partial charge on any atom is 0.170 e. The maximum absolute atomic E-state index is 10.8. The number of piperazine rings is 1. The number of benzene rings is 2. The molecule has 0 saturated carbocycles. The lowest BCUT2D eigenvalue weighted by molar-refractivity contribution is 0.0720. The maximum atomic E-state index is 10.8. The number of fused-ring (bicyclic) bond motifs is 1. The molecule has 2 aromatic carbocycles. The van der Waals surface area contributed by atoms with Gasteiger partial charge in [-0.1, -0.05) is 54.4 Å². The predicted molar refractivity (Wildman–Crippen MR) is 150 cm³/mol. The summed E-state index contributed by atoms with van der Waals surface area (Å²) in [6.45, 7) is 6.92. The highest BCUT2D eigenvalue weighted by atomic mass is 35.5. The van der Waals surface area contributed by atoms with Crippen LogP contribution in [0.15, 0.2) is 54.9 Å². The average molecular weight is 540 g/mol. The molecule has 2 atom stereocenters. The largest absolute Gasteiger partial charge is 0.390 e. The molecular weight excluding hydrogens is 509 g/mol. The third kappa shape index (κ3) is 5.25. The van der Waals surface area contributed by atoms with Crippen molar-refractivity contribution in [1.29, 1.82) is 0 Å². The minimum Gasteiger partial charge on any atom is -0.390 e. The van der Waals surface area contributed by atoms with Gasteiger partial charge in [-0.3, -0.25) is 9.47 Å². The van der Waals surface area contributed by atoms with Crippen molar-refractivity contribution in [2.24, 2.45) is 0 Å². The van der Waals surface area contributed by atoms with Crippen LogP contribution >= 0.6 is 23.2 Å². The fourth-order valence-corrected chi connectivity index (χ4v) is 5.33. The number of hydrogen-bond donors (Lipinski definition) is 2. The van der Waals surface area contributed by atoms with Gasteiger partial charge in [0.05, 0.1) is 21.8 Å². The fraction of sp³-hybridized carbons (Fsp3) is 0.370. The van der Waals surface area contributed by atoms with Crippen molar-refractivity contribution in [3.8, 4) is 5.69 Å². The lowest BCUT2D eigenvalue weighted by Crippen LogP contribution is -2.56. The lowest BCUT2D eigenvalue weighted by Gasteiger charge is -2.41. The van der Waals surface area contributed by atoms with E-state index in [1.165, 1.54) is 0 Å². The van der Waals surface area contributed by atoms with Crippen LogP contribution in [-0.2, 0) is 6.42 Å². The first kappa shape index (κ1) is 25.7. The Kier molecular flexibility index (Phi) is 7.81. The van der Waals surface area contributed by atoms with Gasteiger partial charge in [-0.25, -0.2) is 15.0 Å². The zero-order valence-corrected chi connectivity index (χ0v) is 22.5. The topological polar surface area (TPSA) is 82.3 Å². The summed E-state index contributed by atoms with van der Waals surface area (Å²) in [5, 5.41) is 15.4. The lowest BCUT2D eigenvalue weighted by atomic mass is 10.2. The Hall–Kier alpha value is -2.91. The van der Waals surface area contributed by atoms with Crippen LogP contribution in [0.3, 0.4) is 0 Å². The van der Waals surface area contributed by atoms with E-state index in [2.05, 4.69) is 48.7 Å². The fourth-order valence-electron chi connectivity index (χ4n) is 4.92. The summed E-state index contributed by atoms with van der Waals surface area (Å²) in [4.78, 5) is 18.5. The highest BCUT2D eigenvalue weighted by molar-refractivity contribution is 6.43. The molecule has 1 saturated heterocycles. The van der Waals surface area contributed by atoms with E-state index in [4.69, 9.17) is 28.2 Å². The summed E-state index contributed by atoms with van der Waals surface area (Å²) < 4.78 is 2.09. The third-order valence-corrected chi connectivity index (χ3v) is 7.53. The number of para-hydroxylation sites is 1. The number of aliphatic hydroxyl groups excluding tert-OH is 1. The van der Waals surface area contributed by atoms with Gasteiger partial charge >= 0.3 is 0 Å². The standard InChI is InChI=1S/C27H31Cl2N7O/c1-3-8-22-32-24-25(30-17-31-27(24)36(22)19-9-5-4-6-10-19)33-26(18(2)37)35-15-13-34(14-16-35)21-12-7-11-20(28)23(21)29/h4-7,9-12,17-18,26,37H,3,8,13-16H2,1-2H3,(H,30,31,33). The third-order valence-electron chi connectivity index (χ3n) is 6.72. The van der Waals surface area contributed by atoms with E-state index in [1.807, 2.05) is 30.3 Å².